The molecule has 0 radical (unpaired) electrons. The molecule has 0 saturated carbocycles. The number of ketones is 2. The second kappa shape index (κ2) is 6.85. The molecule has 0 N–H and O–H groups in total. The first-order valence-corrected chi connectivity index (χ1v) is 6.90. The van der Waals surface area contributed by atoms with Gasteiger partial charge in [-0.05, 0) is 37.6 Å². The van der Waals surface area contributed by atoms with Gasteiger partial charge in [0.1, 0.15) is 11.5 Å². The van der Waals surface area contributed by atoms with Gasteiger partial charge in [-0.3, -0.25) is 14.4 Å². The van der Waals surface area contributed by atoms with E-state index in [1.54, 1.807) is 30.3 Å². The minimum atomic E-state index is -1.40. The molecule has 0 aromatic heterocycles. The van der Waals surface area contributed by atoms with Crippen LogP contribution >= 0.6 is 0 Å². The minimum Gasteiger partial charge on any atom is -0.494 e. The van der Waals surface area contributed by atoms with Crippen LogP contribution in [0.2, 0.25) is 0 Å². The predicted octanol–water partition coefficient (Wildman–Crippen LogP) is 2.31. The molecule has 114 valence electrons. The van der Waals surface area contributed by atoms with Crippen LogP contribution in [0.15, 0.2) is 42.2 Å². The van der Waals surface area contributed by atoms with Crippen molar-refractivity contribution in [2.45, 2.75) is 13.8 Å². The van der Waals surface area contributed by atoms with Gasteiger partial charge in [-0.2, -0.15) is 0 Å². The predicted molar refractivity (Wildman–Crippen MR) is 80.0 cm³/mol. The van der Waals surface area contributed by atoms with E-state index in [9.17, 15) is 14.4 Å². The van der Waals surface area contributed by atoms with Gasteiger partial charge in [-0.1, -0.05) is 18.2 Å². The fourth-order valence-electron chi connectivity index (χ4n) is 2.02. The molecule has 0 saturated heterocycles. The molecule has 2 rings (SSSR count). The van der Waals surface area contributed by atoms with E-state index in [2.05, 4.69) is 0 Å². The van der Waals surface area contributed by atoms with Gasteiger partial charge in [0.05, 0.1) is 6.61 Å². The summed E-state index contributed by atoms with van der Waals surface area (Å²) in [7, 11) is 0. The number of hydrogen-bond acceptors (Lipinski definition) is 5. The summed E-state index contributed by atoms with van der Waals surface area (Å²) in [5.74, 6) is -2.43. The van der Waals surface area contributed by atoms with Crippen molar-refractivity contribution in [2.75, 3.05) is 6.61 Å². The molecule has 0 bridgehead atoms. The third-order valence-corrected chi connectivity index (χ3v) is 3.04. The van der Waals surface area contributed by atoms with E-state index >= 15 is 0 Å². The van der Waals surface area contributed by atoms with Crippen LogP contribution in [0.25, 0.3) is 6.08 Å². The molecule has 0 fully saturated rings. The summed E-state index contributed by atoms with van der Waals surface area (Å²) in [6.45, 7) is 3.96. The standard InChI is InChI=1S/C17H16O5/c1-3-21-13-7-4-12(5-8-13)6-9-14(18)16-15(19)10-11(2)22-17(16)20/h4-10,16H,3H2,1-2H3/b9-6+/t16-/m0/s1. The number of hydrogen-bond donors (Lipinski definition) is 0. The van der Waals surface area contributed by atoms with Crippen molar-refractivity contribution in [3.05, 3.63) is 47.7 Å². The molecule has 0 aliphatic carbocycles. The Bertz CT molecular complexity index is 652. The molecule has 0 unspecified atom stereocenters. The van der Waals surface area contributed by atoms with Crippen LogP contribution in [-0.4, -0.2) is 24.1 Å². The van der Waals surface area contributed by atoms with Crippen molar-refractivity contribution in [1.82, 2.24) is 0 Å². The number of rotatable bonds is 5. The van der Waals surface area contributed by atoms with Gasteiger partial charge in [-0.15, -0.1) is 0 Å². The topological polar surface area (TPSA) is 69.7 Å². The summed E-state index contributed by atoms with van der Waals surface area (Å²) < 4.78 is 10.1. The molecule has 0 spiro atoms. The van der Waals surface area contributed by atoms with Gasteiger partial charge in [0.15, 0.2) is 17.5 Å². The Morgan fingerprint density at radius 1 is 1.27 bits per heavy atom. The van der Waals surface area contributed by atoms with Gasteiger partial charge in [0.25, 0.3) is 0 Å². The van der Waals surface area contributed by atoms with Crippen molar-refractivity contribution in [3.8, 4) is 5.75 Å². The number of benzene rings is 1. The van der Waals surface area contributed by atoms with Crippen LogP contribution in [0.1, 0.15) is 19.4 Å². The number of ether oxygens (including phenoxy) is 2. The summed E-state index contributed by atoms with van der Waals surface area (Å²) in [4.78, 5) is 35.4. The molecular formula is C17H16O5. The normalized spacial score (nSPS) is 18.1. The van der Waals surface area contributed by atoms with E-state index in [1.165, 1.54) is 13.0 Å². The van der Waals surface area contributed by atoms with Gasteiger partial charge < -0.3 is 9.47 Å². The zero-order valence-electron chi connectivity index (χ0n) is 12.4. The fourth-order valence-corrected chi connectivity index (χ4v) is 2.02. The molecule has 5 heteroatoms. The number of carbonyl (C=O) groups excluding carboxylic acids is 3. The van der Waals surface area contributed by atoms with E-state index in [0.29, 0.717) is 6.61 Å². The molecule has 1 aromatic rings. The highest BCUT2D eigenvalue weighted by molar-refractivity contribution is 6.25. The smallest absolute Gasteiger partial charge is 0.329 e. The molecule has 1 aliphatic rings. The number of carbonyl (C=O) groups is 3. The highest BCUT2D eigenvalue weighted by Crippen LogP contribution is 2.17. The van der Waals surface area contributed by atoms with Crippen LogP contribution in [-0.2, 0) is 19.1 Å². The average molecular weight is 300 g/mol. The van der Waals surface area contributed by atoms with E-state index < -0.39 is 23.5 Å². The van der Waals surface area contributed by atoms with E-state index in [-0.39, 0.29) is 5.76 Å². The average Bonchev–Trinajstić information content (AvgIpc) is 2.46. The van der Waals surface area contributed by atoms with E-state index in [0.717, 1.165) is 17.4 Å². The minimum absolute atomic E-state index is 0.203. The quantitative estimate of drug-likeness (QED) is 0.474. The SMILES string of the molecule is CCOc1ccc(/C=C/C(=O)[C@H]2C(=O)C=C(C)OC2=O)cc1. The number of allylic oxidation sites excluding steroid dienone is 3. The highest BCUT2D eigenvalue weighted by atomic mass is 16.5. The maximum absolute atomic E-state index is 12.0. The molecule has 1 aliphatic heterocycles. The Morgan fingerprint density at radius 2 is 1.95 bits per heavy atom. The Hall–Kier alpha value is -2.69. The first-order chi connectivity index (χ1) is 10.5. The van der Waals surface area contributed by atoms with Crippen LogP contribution in [0.5, 0.6) is 5.75 Å². The molecule has 1 atom stereocenters. The first-order valence-electron chi connectivity index (χ1n) is 6.90. The Kier molecular flexibility index (Phi) is 4.88. The first kappa shape index (κ1) is 15.7. The lowest BCUT2D eigenvalue weighted by Crippen LogP contribution is -2.34. The maximum atomic E-state index is 12.0. The third-order valence-electron chi connectivity index (χ3n) is 3.04. The summed E-state index contributed by atoms with van der Waals surface area (Å²) in [6, 6.07) is 7.11. The summed E-state index contributed by atoms with van der Waals surface area (Å²) >= 11 is 0. The van der Waals surface area contributed by atoms with E-state index in [4.69, 9.17) is 9.47 Å². The van der Waals surface area contributed by atoms with Gasteiger partial charge >= 0.3 is 5.97 Å². The van der Waals surface area contributed by atoms with Crippen LogP contribution < -0.4 is 4.74 Å². The summed E-state index contributed by atoms with van der Waals surface area (Å²) in [6.07, 6.45) is 3.92. The maximum Gasteiger partial charge on any atom is 0.329 e. The molecule has 1 heterocycles. The number of cyclic esters (lactones) is 1. The van der Waals surface area contributed by atoms with Crippen molar-refractivity contribution >= 4 is 23.6 Å². The van der Waals surface area contributed by atoms with Gasteiger partial charge in [-0.25, -0.2) is 0 Å². The zero-order valence-corrected chi connectivity index (χ0v) is 12.4. The van der Waals surface area contributed by atoms with Gasteiger partial charge in [0, 0.05) is 6.08 Å². The largest absolute Gasteiger partial charge is 0.494 e. The summed E-state index contributed by atoms with van der Waals surface area (Å²) in [5.41, 5.74) is 0.764. The Balaban J connectivity index is 2.08. The van der Waals surface area contributed by atoms with Crippen molar-refractivity contribution in [2.24, 2.45) is 5.92 Å². The summed E-state index contributed by atoms with van der Waals surface area (Å²) in [5, 5.41) is 0. The highest BCUT2D eigenvalue weighted by Gasteiger charge is 2.36. The Labute approximate surface area is 128 Å². The fraction of sp³-hybridized carbons (Fsp3) is 0.235. The molecule has 22 heavy (non-hydrogen) atoms. The third kappa shape index (κ3) is 3.69. The lowest BCUT2D eigenvalue weighted by Gasteiger charge is -2.15. The monoisotopic (exact) mass is 300 g/mol. The lowest BCUT2D eigenvalue weighted by molar-refractivity contribution is -0.151. The lowest BCUT2D eigenvalue weighted by atomic mass is 9.96. The van der Waals surface area contributed by atoms with Crippen molar-refractivity contribution in [1.29, 1.82) is 0 Å². The van der Waals surface area contributed by atoms with Crippen LogP contribution in [0.3, 0.4) is 0 Å². The van der Waals surface area contributed by atoms with Crippen molar-refractivity contribution < 1.29 is 23.9 Å². The van der Waals surface area contributed by atoms with E-state index in [1.807, 2.05) is 6.92 Å². The molecule has 1 aromatic carbocycles. The van der Waals surface area contributed by atoms with Gasteiger partial charge in [0.2, 0.25) is 0 Å². The molecular weight excluding hydrogens is 284 g/mol. The second-order valence-corrected chi connectivity index (χ2v) is 4.75. The number of esters is 1. The van der Waals surface area contributed by atoms with Crippen LogP contribution in [0.4, 0.5) is 0 Å². The Morgan fingerprint density at radius 3 is 2.55 bits per heavy atom. The van der Waals surface area contributed by atoms with Crippen LogP contribution in [0, 0.1) is 5.92 Å². The molecule has 0 amide bonds. The molecule has 5 nitrogen and oxygen atoms in total. The second-order valence-electron chi connectivity index (χ2n) is 4.75. The zero-order chi connectivity index (χ0) is 16.1. The van der Waals surface area contributed by atoms with Crippen molar-refractivity contribution in [3.63, 3.8) is 0 Å².